The molecule has 0 bridgehead atoms. The van der Waals surface area contributed by atoms with E-state index in [9.17, 15) is 26.7 Å². The van der Waals surface area contributed by atoms with Crippen molar-refractivity contribution in [3.05, 3.63) is 35.9 Å². The molecule has 0 fully saturated rings. The Kier molecular flexibility index (Phi) is 4.04. The van der Waals surface area contributed by atoms with Crippen LogP contribution in [0, 0.1) is 0 Å². The van der Waals surface area contributed by atoms with Crippen molar-refractivity contribution in [2.45, 2.75) is 18.0 Å². The number of rotatable bonds is 4. The SMILES string of the molecule is CC(CO)(NS(=O)(=O)C(F)(F)F)c1ccccc1. The van der Waals surface area contributed by atoms with E-state index in [0.29, 0.717) is 0 Å². The Morgan fingerprint density at radius 3 is 2.11 bits per heavy atom. The van der Waals surface area contributed by atoms with Gasteiger partial charge in [0, 0.05) is 0 Å². The van der Waals surface area contributed by atoms with Crippen molar-refractivity contribution in [1.82, 2.24) is 4.72 Å². The number of hydrogen-bond acceptors (Lipinski definition) is 3. The van der Waals surface area contributed by atoms with Gasteiger partial charge in [0.15, 0.2) is 0 Å². The average Bonchev–Trinajstić information content (AvgIpc) is 2.28. The first-order chi connectivity index (χ1) is 8.12. The molecule has 0 spiro atoms. The number of alkyl halides is 3. The number of sulfonamides is 1. The monoisotopic (exact) mass is 283 g/mol. The van der Waals surface area contributed by atoms with Crippen molar-refractivity contribution in [2.75, 3.05) is 6.61 Å². The highest BCUT2D eigenvalue weighted by molar-refractivity contribution is 7.90. The molecular weight excluding hydrogens is 271 g/mol. The molecule has 1 unspecified atom stereocenters. The summed E-state index contributed by atoms with van der Waals surface area (Å²) in [5, 5.41) is 9.17. The fraction of sp³-hybridized carbons (Fsp3) is 0.400. The smallest absolute Gasteiger partial charge is 0.394 e. The molecule has 0 aliphatic carbocycles. The lowest BCUT2D eigenvalue weighted by Crippen LogP contribution is -2.50. The zero-order valence-electron chi connectivity index (χ0n) is 9.40. The van der Waals surface area contributed by atoms with Gasteiger partial charge in [0.1, 0.15) is 0 Å². The third-order valence-electron chi connectivity index (χ3n) is 2.39. The van der Waals surface area contributed by atoms with Gasteiger partial charge in [-0.05, 0) is 12.5 Å². The average molecular weight is 283 g/mol. The first-order valence-corrected chi connectivity index (χ1v) is 6.37. The van der Waals surface area contributed by atoms with Gasteiger partial charge in [0.05, 0.1) is 12.1 Å². The Labute approximate surface area is 102 Å². The van der Waals surface area contributed by atoms with E-state index in [1.165, 1.54) is 35.9 Å². The summed E-state index contributed by atoms with van der Waals surface area (Å²) < 4.78 is 60.4. The number of benzene rings is 1. The Bertz CT molecular complexity index is 501. The lowest BCUT2D eigenvalue weighted by atomic mass is 9.94. The molecule has 0 aliphatic rings. The first-order valence-electron chi connectivity index (χ1n) is 4.89. The van der Waals surface area contributed by atoms with Crippen molar-refractivity contribution >= 4 is 10.0 Å². The molecule has 18 heavy (non-hydrogen) atoms. The summed E-state index contributed by atoms with van der Waals surface area (Å²) in [6.07, 6.45) is 0. The van der Waals surface area contributed by atoms with Gasteiger partial charge in [-0.3, -0.25) is 0 Å². The topological polar surface area (TPSA) is 66.4 Å². The van der Waals surface area contributed by atoms with E-state index >= 15 is 0 Å². The summed E-state index contributed by atoms with van der Waals surface area (Å²) in [7, 11) is -5.53. The normalized spacial score (nSPS) is 16.3. The molecule has 1 atom stereocenters. The quantitative estimate of drug-likeness (QED) is 0.876. The van der Waals surface area contributed by atoms with Gasteiger partial charge in [0.25, 0.3) is 0 Å². The zero-order valence-corrected chi connectivity index (χ0v) is 10.2. The van der Waals surface area contributed by atoms with Crippen LogP contribution < -0.4 is 4.72 Å². The third kappa shape index (κ3) is 3.01. The van der Waals surface area contributed by atoms with Crippen LogP contribution in [0.3, 0.4) is 0 Å². The maximum Gasteiger partial charge on any atom is 0.511 e. The van der Waals surface area contributed by atoms with E-state index in [4.69, 9.17) is 0 Å². The molecule has 0 heterocycles. The summed E-state index contributed by atoms with van der Waals surface area (Å²) in [6, 6.07) is 7.54. The van der Waals surface area contributed by atoms with Gasteiger partial charge < -0.3 is 5.11 Å². The summed E-state index contributed by atoms with van der Waals surface area (Å²) in [5.74, 6) is 0. The molecule has 0 aromatic heterocycles. The van der Waals surface area contributed by atoms with Gasteiger partial charge >= 0.3 is 15.5 Å². The first kappa shape index (κ1) is 14.9. The summed E-state index contributed by atoms with van der Waals surface area (Å²) in [4.78, 5) is 0. The molecule has 0 amide bonds. The molecule has 8 heteroatoms. The van der Waals surface area contributed by atoms with Crippen LogP contribution in [0.15, 0.2) is 30.3 Å². The summed E-state index contributed by atoms with van der Waals surface area (Å²) in [5.41, 5.74) is -6.91. The molecule has 102 valence electrons. The summed E-state index contributed by atoms with van der Waals surface area (Å²) in [6.45, 7) is 0.373. The van der Waals surface area contributed by atoms with Crippen LogP contribution in [0.2, 0.25) is 0 Å². The number of aliphatic hydroxyl groups is 1. The largest absolute Gasteiger partial charge is 0.511 e. The van der Waals surface area contributed by atoms with E-state index in [0.717, 1.165) is 0 Å². The van der Waals surface area contributed by atoms with Crippen LogP contribution in [0.4, 0.5) is 13.2 Å². The van der Waals surface area contributed by atoms with Crippen molar-refractivity contribution < 1.29 is 26.7 Å². The maximum absolute atomic E-state index is 12.3. The highest BCUT2D eigenvalue weighted by Gasteiger charge is 2.49. The van der Waals surface area contributed by atoms with Crippen LogP contribution in [0.25, 0.3) is 0 Å². The van der Waals surface area contributed by atoms with Crippen molar-refractivity contribution in [1.29, 1.82) is 0 Å². The molecule has 0 saturated heterocycles. The Balaban J connectivity index is 3.13. The van der Waals surface area contributed by atoms with Crippen LogP contribution in [0.5, 0.6) is 0 Å². The van der Waals surface area contributed by atoms with Crippen LogP contribution >= 0.6 is 0 Å². The van der Waals surface area contributed by atoms with E-state index in [-0.39, 0.29) is 5.56 Å². The molecule has 1 aromatic rings. The number of hydrogen-bond donors (Lipinski definition) is 2. The number of halogens is 3. The Morgan fingerprint density at radius 1 is 1.22 bits per heavy atom. The fourth-order valence-electron chi connectivity index (χ4n) is 1.34. The highest BCUT2D eigenvalue weighted by atomic mass is 32.2. The van der Waals surface area contributed by atoms with Gasteiger partial charge in [-0.2, -0.15) is 17.9 Å². The second-order valence-electron chi connectivity index (χ2n) is 3.91. The lowest BCUT2D eigenvalue weighted by molar-refractivity contribution is -0.0460. The van der Waals surface area contributed by atoms with Crippen molar-refractivity contribution in [3.63, 3.8) is 0 Å². The molecule has 4 nitrogen and oxygen atoms in total. The van der Waals surface area contributed by atoms with Crippen molar-refractivity contribution in [2.24, 2.45) is 0 Å². The summed E-state index contributed by atoms with van der Waals surface area (Å²) >= 11 is 0. The predicted octanol–water partition coefficient (Wildman–Crippen LogP) is 1.33. The van der Waals surface area contributed by atoms with Crippen LogP contribution in [0.1, 0.15) is 12.5 Å². The molecule has 0 aliphatic heterocycles. The Morgan fingerprint density at radius 2 is 1.72 bits per heavy atom. The predicted molar refractivity (Wildman–Crippen MR) is 59.0 cm³/mol. The minimum atomic E-state index is -5.53. The van der Waals surface area contributed by atoms with E-state index in [1.54, 1.807) is 6.07 Å². The third-order valence-corrected chi connectivity index (χ3v) is 3.72. The van der Waals surface area contributed by atoms with Crippen molar-refractivity contribution in [3.8, 4) is 0 Å². The maximum atomic E-state index is 12.3. The van der Waals surface area contributed by atoms with Gasteiger partial charge in [0.2, 0.25) is 0 Å². The molecule has 1 rings (SSSR count). The standard InChI is InChI=1S/C10H12F3NO3S/c1-9(7-15,8-5-3-2-4-6-8)14-18(16,17)10(11,12)13/h2-6,14-15H,7H2,1H3. The second kappa shape index (κ2) is 4.87. The van der Waals surface area contributed by atoms with Crippen LogP contribution in [-0.4, -0.2) is 25.6 Å². The molecule has 1 aromatic carbocycles. The van der Waals surface area contributed by atoms with Gasteiger partial charge in [-0.15, -0.1) is 0 Å². The minimum absolute atomic E-state index is 0.236. The minimum Gasteiger partial charge on any atom is -0.394 e. The number of nitrogens with one attached hydrogen (secondary N) is 1. The van der Waals surface area contributed by atoms with Crippen LogP contribution in [-0.2, 0) is 15.6 Å². The van der Waals surface area contributed by atoms with Gasteiger partial charge in [-0.25, -0.2) is 8.42 Å². The van der Waals surface area contributed by atoms with Gasteiger partial charge in [-0.1, -0.05) is 30.3 Å². The van der Waals surface area contributed by atoms with E-state index < -0.39 is 27.7 Å². The van der Waals surface area contributed by atoms with E-state index in [1.807, 2.05) is 0 Å². The molecule has 2 N–H and O–H groups in total. The lowest BCUT2D eigenvalue weighted by Gasteiger charge is -2.29. The highest BCUT2D eigenvalue weighted by Crippen LogP contribution is 2.27. The second-order valence-corrected chi connectivity index (χ2v) is 5.58. The zero-order chi connectivity index (χ0) is 14.0. The molecule has 0 saturated carbocycles. The number of aliphatic hydroxyl groups excluding tert-OH is 1. The molecular formula is C10H12F3NO3S. The fourth-order valence-corrected chi connectivity index (χ4v) is 2.23. The Hall–Kier alpha value is -1.12. The van der Waals surface area contributed by atoms with E-state index in [2.05, 4.69) is 0 Å². The molecule has 0 radical (unpaired) electrons.